The van der Waals surface area contributed by atoms with Crippen LogP contribution in [0.25, 0.3) is 0 Å². The summed E-state index contributed by atoms with van der Waals surface area (Å²) in [6, 6.07) is 7.31. The maximum Gasteiger partial charge on any atom is 0.243 e. The molecule has 1 saturated heterocycles. The van der Waals surface area contributed by atoms with E-state index in [0.29, 0.717) is 18.0 Å². The summed E-state index contributed by atoms with van der Waals surface area (Å²) in [5, 5.41) is 12.5. The third kappa shape index (κ3) is 3.50. The summed E-state index contributed by atoms with van der Waals surface area (Å²) in [7, 11) is -2.10. The summed E-state index contributed by atoms with van der Waals surface area (Å²) in [4.78, 5) is 0.297. The fourth-order valence-electron chi connectivity index (χ4n) is 3.48. The molecule has 1 aliphatic heterocycles. The number of rotatable bonds is 7. The zero-order valence-corrected chi connectivity index (χ0v) is 14.9. The van der Waals surface area contributed by atoms with Crippen LogP contribution in [0.1, 0.15) is 31.2 Å². The molecule has 0 bridgehead atoms. The molecule has 0 aromatic heterocycles. The van der Waals surface area contributed by atoms with Gasteiger partial charge in [0.05, 0.1) is 23.7 Å². The van der Waals surface area contributed by atoms with Crippen molar-refractivity contribution in [2.24, 2.45) is 0 Å². The zero-order valence-electron chi connectivity index (χ0n) is 14.1. The minimum atomic E-state index is -3.59. The molecule has 1 heterocycles. The Hall–Kier alpha value is -0.990. The lowest BCUT2D eigenvalue weighted by Gasteiger charge is -2.37. The molecule has 24 heavy (non-hydrogen) atoms. The second kappa shape index (κ2) is 7.09. The summed E-state index contributed by atoms with van der Waals surface area (Å²) in [5.74, 6) is 0. The van der Waals surface area contributed by atoms with Gasteiger partial charge in [-0.05, 0) is 37.3 Å². The van der Waals surface area contributed by atoms with Crippen molar-refractivity contribution in [2.75, 3.05) is 26.8 Å². The molecule has 6 nitrogen and oxygen atoms in total. The Labute approximate surface area is 143 Å². The SMILES string of the molecule is CN(CCO)S(=O)(=O)c1ccccc1CNC1COC2(CCC2)C1. The lowest BCUT2D eigenvalue weighted by molar-refractivity contribution is -0.0563. The lowest BCUT2D eigenvalue weighted by Crippen LogP contribution is -2.38. The van der Waals surface area contributed by atoms with E-state index in [1.165, 1.54) is 17.8 Å². The number of hydrogen-bond acceptors (Lipinski definition) is 5. The van der Waals surface area contributed by atoms with Gasteiger partial charge in [-0.25, -0.2) is 8.42 Å². The van der Waals surface area contributed by atoms with E-state index in [0.717, 1.165) is 24.8 Å². The molecule has 3 rings (SSSR count). The predicted molar refractivity (Wildman–Crippen MR) is 91.1 cm³/mol. The summed E-state index contributed by atoms with van der Waals surface area (Å²) < 4.78 is 32.4. The van der Waals surface area contributed by atoms with Crippen LogP contribution in [0.2, 0.25) is 0 Å². The van der Waals surface area contributed by atoms with Crippen LogP contribution in [-0.4, -0.2) is 56.3 Å². The Kier molecular flexibility index (Phi) is 5.27. The van der Waals surface area contributed by atoms with Gasteiger partial charge in [0.15, 0.2) is 0 Å². The number of nitrogens with one attached hydrogen (secondary N) is 1. The van der Waals surface area contributed by atoms with Gasteiger partial charge in [-0.15, -0.1) is 0 Å². The molecular formula is C17H26N2O4S. The van der Waals surface area contributed by atoms with Crippen molar-refractivity contribution < 1.29 is 18.3 Å². The molecule has 2 N–H and O–H groups in total. The number of aliphatic hydroxyl groups excluding tert-OH is 1. The van der Waals surface area contributed by atoms with Gasteiger partial charge in [0.2, 0.25) is 10.0 Å². The third-order valence-electron chi connectivity index (χ3n) is 5.13. The number of ether oxygens (including phenoxy) is 1. The standard InChI is InChI=1S/C17H26N2O4S/c1-19(9-10-20)24(21,22)16-6-3-2-5-14(16)12-18-15-11-17(23-13-15)7-4-8-17/h2-3,5-6,15,18,20H,4,7-13H2,1H3. The Bertz CT molecular complexity index is 673. The minimum absolute atomic E-state index is 0.0864. The van der Waals surface area contributed by atoms with Crippen LogP contribution in [0.15, 0.2) is 29.2 Å². The minimum Gasteiger partial charge on any atom is -0.395 e. The Morgan fingerprint density at radius 2 is 2.12 bits per heavy atom. The quantitative estimate of drug-likeness (QED) is 0.767. The van der Waals surface area contributed by atoms with Crippen LogP contribution in [-0.2, 0) is 21.3 Å². The number of likely N-dealkylation sites (N-methyl/N-ethyl adjacent to an activating group) is 1. The van der Waals surface area contributed by atoms with Crippen LogP contribution in [0, 0.1) is 0 Å². The topological polar surface area (TPSA) is 78.9 Å². The predicted octanol–water partition coefficient (Wildman–Crippen LogP) is 1.10. The number of sulfonamides is 1. The van der Waals surface area contributed by atoms with Crippen molar-refractivity contribution in [2.45, 2.75) is 48.8 Å². The molecule has 0 radical (unpaired) electrons. The van der Waals surface area contributed by atoms with E-state index in [2.05, 4.69) is 5.32 Å². The van der Waals surface area contributed by atoms with Gasteiger partial charge in [-0.1, -0.05) is 18.2 Å². The van der Waals surface area contributed by atoms with E-state index in [1.807, 2.05) is 12.1 Å². The second-order valence-corrected chi connectivity index (χ2v) is 8.80. The highest BCUT2D eigenvalue weighted by Crippen LogP contribution is 2.43. The first-order valence-electron chi connectivity index (χ1n) is 8.49. The molecule has 1 spiro atoms. The first-order chi connectivity index (χ1) is 11.5. The van der Waals surface area contributed by atoms with Crippen molar-refractivity contribution in [3.05, 3.63) is 29.8 Å². The number of hydrogen-bond donors (Lipinski definition) is 2. The molecule has 7 heteroatoms. The lowest BCUT2D eigenvalue weighted by atomic mass is 9.77. The fourth-order valence-corrected chi connectivity index (χ4v) is 4.86. The average Bonchev–Trinajstić information content (AvgIpc) is 2.98. The summed E-state index contributed by atoms with van der Waals surface area (Å²) >= 11 is 0. The summed E-state index contributed by atoms with van der Waals surface area (Å²) in [5.41, 5.74) is 0.835. The van der Waals surface area contributed by atoms with Crippen molar-refractivity contribution in [3.8, 4) is 0 Å². The number of aliphatic hydroxyl groups is 1. The maximum atomic E-state index is 12.7. The highest BCUT2D eigenvalue weighted by molar-refractivity contribution is 7.89. The van der Waals surface area contributed by atoms with Crippen molar-refractivity contribution in [1.29, 1.82) is 0 Å². The Morgan fingerprint density at radius 1 is 1.38 bits per heavy atom. The normalized spacial score (nSPS) is 22.9. The van der Waals surface area contributed by atoms with E-state index >= 15 is 0 Å². The van der Waals surface area contributed by atoms with E-state index in [-0.39, 0.29) is 24.8 Å². The monoisotopic (exact) mass is 354 g/mol. The van der Waals surface area contributed by atoms with Gasteiger partial charge in [0, 0.05) is 26.2 Å². The van der Waals surface area contributed by atoms with Crippen LogP contribution in [0.4, 0.5) is 0 Å². The molecular weight excluding hydrogens is 328 g/mol. The van der Waals surface area contributed by atoms with Gasteiger partial charge in [-0.3, -0.25) is 0 Å². The molecule has 134 valence electrons. The van der Waals surface area contributed by atoms with Crippen molar-refractivity contribution in [1.82, 2.24) is 9.62 Å². The van der Waals surface area contributed by atoms with Gasteiger partial charge in [0.25, 0.3) is 0 Å². The molecule has 2 aliphatic rings. The highest BCUT2D eigenvalue weighted by atomic mass is 32.2. The van der Waals surface area contributed by atoms with Crippen LogP contribution in [0.3, 0.4) is 0 Å². The highest BCUT2D eigenvalue weighted by Gasteiger charge is 2.44. The van der Waals surface area contributed by atoms with Crippen molar-refractivity contribution in [3.63, 3.8) is 0 Å². The van der Waals surface area contributed by atoms with E-state index in [1.54, 1.807) is 12.1 Å². The largest absolute Gasteiger partial charge is 0.395 e. The van der Waals surface area contributed by atoms with Gasteiger partial charge >= 0.3 is 0 Å². The average molecular weight is 354 g/mol. The van der Waals surface area contributed by atoms with E-state index in [4.69, 9.17) is 9.84 Å². The molecule has 1 saturated carbocycles. The van der Waals surface area contributed by atoms with Gasteiger partial charge in [0.1, 0.15) is 0 Å². The van der Waals surface area contributed by atoms with Gasteiger partial charge < -0.3 is 15.2 Å². The first kappa shape index (κ1) is 17.8. The van der Waals surface area contributed by atoms with Crippen molar-refractivity contribution >= 4 is 10.0 Å². The molecule has 2 fully saturated rings. The summed E-state index contributed by atoms with van der Waals surface area (Å²) in [6.45, 7) is 1.08. The molecule has 0 amide bonds. The third-order valence-corrected chi connectivity index (χ3v) is 7.09. The van der Waals surface area contributed by atoms with Gasteiger partial charge in [-0.2, -0.15) is 4.31 Å². The maximum absolute atomic E-state index is 12.7. The molecule has 1 unspecified atom stereocenters. The Morgan fingerprint density at radius 3 is 2.75 bits per heavy atom. The van der Waals surface area contributed by atoms with Crippen LogP contribution in [0.5, 0.6) is 0 Å². The number of nitrogens with zero attached hydrogens (tertiary/aromatic N) is 1. The molecule has 1 aromatic carbocycles. The van der Waals surface area contributed by atoms with E-state index in [9.17, 15) is 8.42 Å². The van der Waals surface area contributed by atoms with Crippen LogP contribution < -0.4 is 5.32 Å². The zero-order chi connectivity index (χ0) is 17.2. The second-order valence-electron chi connectivity index (χ2n) is 6.79. The first-order valence-corrected chi connectivity index (χ1v) is 9.93. The Balaban J connectivity index is 1.68. The molecule has 1 aromatic rings. The molecule has 1 aliphatic carbocycles. The fraction of sp³-hybridized carbons (Fsp3) is 0.647. The smallest absolute Gasteiger partial charge is 0.243 e. The molecule has 1 atom stereocenters. The number of benzene rings is 1. The van der Waals surface area contributed by atoms with Crippen LogP contribution >= 0.6 is 0 Å². The van der Waals surface area contributed by atoms with E-state index < -0.39 is 10.0 Å². The summed E-state index contributed by atoms with van der Waals surface area (Å²) in [6.07, 6.45) is 4.53.